The number of nitrogens with one attached hydrogen (secondary N) is 5. The molecule has 0 radical (unpaired) electrons. The predicted octanol–water partition coefficient (Wildman–Crippen LogP) is 5.90. The Morgan fingerprint density at radius 2 is 1.62 bits per heavy atom. The molecule has 1 saturated heterocycles. The number of nitrogens with zero attached hydrogens (tertiary/aromatic N) is 1. The van der Waals surface area contributed by atoms with Gasteiger partial charge in [-0.2, -0.15) is 0 Å². The highest BCUT2D eigenvalue weighted by Crippen LogP contribution is 2.28. The summed E-state index contributed by atoms with van der Waals surface area (Å²) in [6.07, 6.45) is 6.26. The lowest BCUT2D eigenvalue weighted by Crippen LogP contribution is -2.51. The van der Waals surface area contributed by atoms with Gasteiger partial charge in [-0.3, -0.25) is 9.59 Å². The lowest BCUT2D eigenvalue weighted by molar-refractivity contribution is -0.132. The molecule has 2 amide bonds. The molecule has 45 heavy (non-hydrogen) atoms. The van der Waals surface area contributed by atoms with E-state index in [4.69, 9.17) is 4.98 Å². The minimum atomic E-state index is -0.737. The Morgan fingerprint density at radius 1 is 0.867 bits per heavy atom. The summed E-state index contributed by atoms with van der Waals surface area (Å²) in [5.74, 6) is 0.266. The molecule has 3 aromatic heterocycles. The Hall–Kier alpha value is -4.73. The van der Waals surface area contributed by atoms with Crippen LogP contribution in [0, 0.1) is 5.92 Å². The molecule has 228 valence electrons. The fraction of sp³-hybridized carbons (Fsp3) is 0.250. The smallest absolute Gasteiger partial charge is 0.243 e. The van der Waals surface area contributed by atoms with Crippen LogP contribution < -0.4 is 16.0 Å². The van der Waals surface area contributed by atoms with Gasteiger partial charge in [-0.25, -0.2) is 4.98 Å². The molecule has 1 aliphatic heterocycles. The summed E-state index contributed by atoms with van der Waals surface area (Å²) in [7, 11) is 0. The van der Waals surface area contributed by atoms with Crippen molar-refractivity contribution in [2.75, 3.05) is 13.1 Å². The number of H-pyrrole nitrogens is 2. The number of hydrogen-bond acceptors (Lipinski definition) is 5. The molecule has 7 rings (SSSR count). The Morgan fingerprint density at radius 3 is 2.47 bits per heavy atom. The highest BCUT2D eigenvalue weighted by atomic mass is 32.1. The zero-order chi connectivity index (χ0) is 30.6. The standard InChI is InChI=1S/C36H36N6O2S/c43-35(24-14-16-37-17-15-24)42-31(19-26-22-45-33-13-7-5-11-28(26)33)36(44)41-30(18-25-20-38-29-12-6-4-10-27(25)29)34-39-21-32(40-34)23-8-2-1-3-9-23/h1-13,20-22,24,30-31,37-38H,14-19H2,(H,39,40)(H,41,44)(H,42,43)/t30-,31-/m1/s1. The maximum absolute atomic E-state index is 14.3. The van der Waals surface area contributed by atoms with Crippen LogP contribution in [0.15, 0.2) is 96.6 Å². The number of aromatic nitrogens is 3. The first-order chi connectivity index (χ1) is 22.1. The molecule has 0 saturated carbocycles. The van der Waals surface area contributed by atoms with Gasteiger partial charge in [0.15, 0.2) is 0 Å². The highest BCUT2D eigenvalue weighted by Gasteiger charge is 2.30. The predicted molar refractivity (Wildman–Crippen MR) is 180 cm³/mol. The van der Waals surface area contributed by atoms with Crippen LogP contribution in [0.5, 0.6) is 0 Å². The normalized spacial score (nSPS) is 15.2. The Labute approximate surface area is 265 Å². The number of carbonyl (C=O) groups is 2. The van der Waals surface area contributed by atoms with Crippen molar-refractivity contribution >= 4 is 44.1 Å². The third-order valence-corrected chi connectivity index (χ3v) is 9.77. The van der Waals surface area contributed by atoms with E-state index < -0.39 is 12.1 Å². The first-order valence-corrected chi connectivity index (χ1v) is 16.4. The number of amides is 2. The lowest BCUT2D eigenvalue weighted by Gasteiger charge is -2.26. The van der Waals surface area contributed by atoms with Crippen molar-refractivity contribution in [1.82, 2.24) is 30.9 Å². The van der Waals surface area contributed by atoms with Gasteiger partial charge in [-0.05, 0) is 65.5 Å². The fourth-order valence-electron chi connectivity index (χ4n) is 6.28. The fourth-order valence-corrected chi connectivity index (χ4v) is 7.26. The maximum atomic E-state index is 14.3. The first-order valence-electron chi connectivity index (χ1n) is 15.5. The third-order valence-electron chi connectivity index (χ3n) is 8.75. The van der Waals surface area contributed by atoms with Gasteiger partial charge in [0.25, 0.3) is 0 Å². The van der Waals surface area contributed by atoms with Gasteiger partial charge in [0.2, 0.25) is 11.8 Å². The summed E-state index contributed by atoms with van der Waals surface area (Å²) in [6.45, 7) is 1.61. The van der Waals surface area contributed by atoms with Crippen molar-refractivity contribution in [3.05, 3.63) is 114 Å². The van der Waals surface area contributed by atoms with E-state index in [2.05, 4.69) is 49.5 Å². The summed E-state index contributed by atoms with van der Waals surface area (Å²) in [5, 5.41) is 14.1. The molecule has 8 nitrogen and oxygen atoms in total. The van der Waals surface area contributed by atoms with Crippen molar-refractivity contribution in [1.29, 1.82) is 0 Å². The molecule has 5 N–H and O–H groups in total. The summed E-state index contributed by atoms with van der Waals surface area (Å²) < 4.78 is 1.16. The molecule has 0 spiro atoms. The molecule has 0 aliphatic carbocycles. The molecule has 1 fully saturated rings. The molecular formula is C36H36N6O2S. The van der Waals surface area contributed by atoms with E-state index in [0.717, 1.165) is 69.3 Å². The van der Waals surface area contributed by atoms with Gasteiger partial charge in [0, 0.05) is 40.6 Å². The largest absolute Gasteiger partial charge is 0.361 e. The Bertz CT molecular complexity index is 1920. The van der Waals surface area contributed by atoms with E-state index in [9.17, 15) is 9.59 Å². The number of thiophene rings is 1. The molecule has 3 aromatic carbocycles. The van der Waals surface area contributed by atoms with Gasteiger partial charge < -0.3 is 25.9 Å². The van der Waals surface area contributed by atoms with Crippen molar-refractivity contribution in [2.24, 2.45) is 5.92 Å². The first kappa shape index (κ1) is 29.0. The van der Waals surface area contributed by atoms with Crippen LogP contribution in [0.2, 0.25) is 0 Å². The zero-order valence-corrected chi connectivity index (χ0v) is 25.7. The van der Waals surface area contributed by atoms with E-state index in [1.165, 1.54) is 0 Å². The van der Waals surface area contributed by atoms with Crippen LogP contribution in [0.1, 0.15) is 35.8 Å². The summed E-state index contributed by atoms with van der Waals surface area (Å²) in [6, 6.07) is 25.2. The number of imidazole rings is 1. The summed E-state index contributed by atoms with van der Waals surface area (Å²) in [4.78, 5) is 39.3. The van der Waals surface area contributed by atoms with Crippen LogP contribution in [0.3, 0.4) is 0 Å². The summed E-state index contributed by atoms with van der Waals surface area (Å²) in [5.41, 5.74) is 5.07. The Balaban J connectivity index is 1.20. The van der Waals surface area contributed by atoms with E-state index in [1.54, 1.807) is 11.3 Å². The second-order valence-corrected chi connectivity index (χ2v) is 12.6. The van der Waals surface area contributed by atoms with Crippen LogP contribution in [0.25, 0.3) is 32.2 Å². The second-order valence-electron chi connectivity index (χ2n) is 11.7. The number of hydrogen-bond donors (Lipinski definition) is 5. The van der Waals surface area contributed by atoms with Gasteiger partial charge in [0.1, 0.15) is 11.9 Å². The average molecular weight is 617 g/mol. The molecule has 0 bridgehead atoms. The Kier molecular flexibility index (Phi) is 8.44. The van der Waals surface area contributed by atoms with Crippen molar-refractivity contribution < 1.29 is 9.59 Å². The van der Waals surface area contributed by atoms with Crippen LogP contribution in [-0.4, -0.2) is 45.9 Å². The quantitative estimate of drug-likeness (QED) is 0.132. The molecular weight excluding hydrogens is 581 g/mol. The SMILES string of the molecule is O=C(N[C@H](Cc1csc2ccccc12)C(=O)N[C@H](Cc1c[nH]c2ccccc12)c1ncc(-c2ccccc2)[nH]1)C1CCNCC1. The molecule has 1 aliphatic rings. The van der Waals surface area contributed by atoms with E-state index in [-0.39, 0.29) is 17.7 Å². The number of fused-ring (bicyclic) bond motifs is 2. The second kappa shape index (κ2) is 13.1. The van der Waals surface area contributed by atoms with Crippen molar-refractivity contribution in [2.45, 2.75) is 37.8 Å². The maximum Gasteiger partial charge on any atom is 0.243 e. The number of aromatic amines is 2. The molecule has 4 heterocycles. The molecule has 2 atom stereocenters. The van der Waals surface area contributed by atoms with Crippen LogP contribution in [0.4, 0.5) is 0 Å². The number of rotatable bonds is 10. The van der Waals surface area contributed by atoms with Gasteiger partial charge in [0.05, 0.1) is 17.9 Å². The lowest BCUT2D eigenvalue weighted by atomic mass is 9.96. The van der Waals surface area contributed by atoms with E-state index in [1.807, 2.05) is 73.1 Å². The van der Waals surface area contributed by atoms with Gasteiger partial charge >= 0.3 is 0 Å². The average Bonchev–Trinajstić information content (AvgIpc) is 3.84. The minimum Gasteiger partial charge on any atom is -0.361 e. The van der Waals surface area contributed by atoms with Crippen molar-refractivity contribution in [3.63, 3.8) is 0 Å². The van der Waals surface area contributed by atoms with E-state index in [0.29, 0.717) is 18.7 Å². The summed E-state index contributed by atoms with van der Waals surface area (Å²) >= 11 is 1.66. The van der Waals surface area contributed by atoms with E-state index >= 15 is 0 Å². The third kappa shape index (κ3) is 6.41. The monoisotopic (exact) mass is 616 g/mol. The number of piperidine rings is 1. The molecule has 0 unspecified atom stereocenters. The van der Waals surface area contributed by atoms with Gasteiger partial charge in [-0.15, -0.1) is 11.3 Å². The number of benzene rings is 3. The number of para-hydroxylation sites is 1. The van der Waals surface area contributed by atoms with Gasteiger partial charge in [-0.1, -0.05) is 66.7 Å². The van der Waals surface area contributed by atoms with Crippen LogP contribution in [-0.2, 0) is 22.4 Å². The van der Waals surface area contributed by atoms with Crippen LogP contribution >= 0.6 is 11.3 Å². The minimum absolute atomic E-state index is 0.0614. The molecule has 6 aromatic rings. The van der Waals surface area contributed by atoms with Crippen molar-refractivity contribution in [3.8, 4) is 11.3 Å². The zero-order valence-electron chi connectivity index (χ0n) is 24.9. The molecule has 9 heteroatoms. The number of carbonyl (C=O) groups excluding carboxylic acids is 2. The highest BCUT2D eigenvalue weighted by molar-refractivity contribution is 7.17. The topological polar surface area (TPSA) is 115 Å².